The van der Waals surface area contributed by atoms with Gasteiger partial charge in [-0.15, -0.1) is 0 Å². The lowest BCUT2D eigenvalue weighted by molar-refractivity contribution is -0.161. The predicted molar refractivity (Wildman–Crippen MR) is 371 cm³/mol. The Labute approximate surface area is 549 Å². The Morgan fingerprint density at radius 1 is 0.319 bits per heavy atom. The van der Waals surface area contributed by atoms with Crippen LogP contribution in [0.5, 0.6) is 0 Å². The highest BCUT2D eigenvalue weighted by molar-refractivity contribution is 7.47. The Morgan fingerprint density at radius 3 is 0.934 bits per heavy atom. The fraction of sp³-hybridized carbons (Fsp3) is 0.630. The number of carbonyl (C=O) groups is 3. The number of phosphoric ester groups is 2. The van der Waals surface area contributed by atoms with Crippen LogP contribution in [0.25, 0.3) is 0 Å². The van der Waals surface area contributed by atoms with Gasteiger partial charge in [0.05, 0.1) is 26.4 Å². The van der Waals surface area contributed by atoms with Crippen LogP contribution in [0, 0.1) is 0 Å². The molecule has 0 heterocycles. The number of carbonyl (C=O) groups excluding carboxylic acids is 3. The Morgan fingerprint density at radius 2 is 0.582 bits per heavy atom. The van der Waals surface area contributed by atoms with Gasteiger partial charge in [0.2, 0.25) is 0 Å². The van der Waals surface area contributed by atoms with E-state index in [4.69, 9.17) is 32.3 Å². The number of ether oxygens (including phenoxy) is 3. The van der Waals surface area contributed by atoms with Gasteiger partial charge in [0, 0.05) is 19.3 Å². The summed E-state index contributed by atoms with van der Waals surface area (Å²) in [6.45, 7) is 2.30. The first-order chi connectivity index (χ1) is 44.2. The van der Waals surface area contributed by atoms with Crippen molar-refractivity contribution in [3.8, 4) is 0 Å². The smallest absolute Gasteiger partial charge is 0.463 e. The van der Waals surface area contributed by atoms with Gasteiger partial charge in [-0.05, 0) is 135 Å². The van der Waals surface area contributed by atoms with Crippen LogP contribution >= 0.6 is 15.6 Å². The number of aliphatic hydroxyl groups excluding tert-OH is 2. The SMILES string of the molecule is CC/C=C\C/C=C\C/C=C\C/C=C\C/C=C\C/C=C\CCCCCCC(=O)OCC(O)COP(=O)(O)OCC(O)COP(=O)(O)OCC(COC(=O)CCCCCCC/C=C\C/C=C\C/C=C\C/C=C\C/C=C\CC)OC(=O)CCCCCCC/C=C\CCCC. The molecule has 0 spiro atoms. The molecule has 5 atom stereocenters. The minimum Gasteiger partial charge on any atom is -0.463 e. The summed E-state index contributed by atoms with van der Waals surface area (Å²) >= 11 is 0. The number of hydrogen-bond acceptors (Lipinski definition) is 14. The lowest BCUT2D eigenvalue weighted by Gasteiger charge is -2.21. The average molecular weight is 1320 g/mol. The van der Waals surface area contributed by atoms with Crippen molar-refractivity contribution in [2.24, 2.45) is 0 Å². The molecule has 0 bridgehead atoms. The fourth-order valence-corrected chi connectivity index (χ4v) is 9.93. The summed E-state index contributed by atoms with van der Waals surface area (Å²) in [5, 5.41) is 20.5. The van der Waals surface area contributed by atoms with Crippen LogP contribution in [0.3, 0.4) is 0 Å². The van der Waals surface area contributed by atoms with Crippen molar-refractivity contribution < 1.29 is 75.8 Å². The van der Waals surface area contributed by atoms with Gasteiger partial charge in [0.15, 0.2) is 6.10 Å². The summed E-state index contributed by atoms with van der Waals surface area (Å²) in [4.78, 5) is 58.3. The molecular formula is C73H120O16P2. The first-order valence-electron chi connectivity index (χ1n) is 34.1. The van der Waals surface area contributed by atoms with E-state index in [1.54, 1.807) is 0 Å². The van der Waals surface area contributed by atoms with Crippen LogP contribution in [-0.2, 0) is 55.8 Å². The second-order valence-corrected chi connectivity index (χ2v) is 25.1. The van der Waals surface area contributed by atoms with Gasteiger partial charge in [-0.25, -0.2) is 9.13 Å². The third kappa shape index (κ3) is 66.7. The summed E-state index contributed by atoms with van der Waals surface area (Å²) in [6, 6.07) is 0. The van der Waals surface area contributed by atoms with E-state index in [1.165, 1.54) is 12.8 Å². The largest absolute Gasteiger partial charge is 0.472 e. The summed E-state index contributed by atoms with van der Waals surface area (Å²) < 4.78 is 60.8. The zero-order valence-electron chi connectivity index (χ0n) is 56.0. The normalized spacial score (nSPS) is 15.1. The van der Waals surface area contributed by atoms with Gasteiger partial charge in [0.25, 0.3) is 0 Å². The number of allylic oxidation sites excluding steroid dienone is 24. The van der Waals surface area contributed by atoms with E-state index in [-0.39, 0.29) is 19.3 Å². The Kier molecular flexibility index (Phi) is 62.2. The van der Waals surface area contributed by atoms with Crippen molar-refractivity contribution in [2.75, 3.05) is 39.6 Å². The standard InChI is InChI=1S/C73H120O16P2/c1-4-7-10-13-16-19-22-24-26-28-30-32-33-35-37-38-40-42-45-47-50-53-56-59-71(76)83-62-68(74)63-85-90(79,80)86-64-69(75)65-87-91(81,82)88-67-70(89-73(78)61-58-55-52-49-44-21-18-15-12-9-6-3)66-84-72(77)60-57-54-51-48-46-43-41-39-36-34-31-29-27-25-23-20-17-14-11-8-5-2/h7-8,10-11,15-20,24-27,30-32,34-35,37,39-42,68-70,74-75H,4-6,9,12-14,21-23,28-29,33,36,38,43-67H2,1-3H3,(H,79,80)(H,81,82)/b10-7-,11-8-,18-15-,19-16-,20-17-,26-24-,27-25-,32-30-,34-31-,37-35-,41-39-,42-40-. The van der Waals surface area contributed by atoms with Gasteiger partial charge in [-0.2, -0.15) is 0 Å². The molecular weight excluding hydrogens is 1190 g/mol. The molecule has 0 rings (SSSR count). The van der Waals surface area contributed by atoms with E-state index in [1.807, 2.05) is 0 Å². The second-order valence-electron chi connectivity index (χ2n) is 22.2. The molecule has 0 aromatic heterocycles. The number of phosphoric acid groups is 2. The number of rotatable bonds is 63. The number of hydrogen-bond donors (Lipinski definition) is 4. The highest BCUT2D eigenvalue weighted by atomic mass is 31.2. The topological polar surface area (TPSA) is 231 Å². The predicted octanol–water partition coefficient (Wildman–Crippen LogP) is 19.0. The molecule has 0 aromatic carbocycles. The minimum absolute atomic E-state index is 0.0842. The third-order valence-electron chi connectivity index (χ3n) is 13.5. The van der Waals surface area contributed by atoms with Crippen LogP contribution in [-0.4, -0.2) is 95.9 Å². The number of aliphatic hydroxyl groups is 2. The first kappa shape index (κ1) is 86.4. The average Bonchev–Trinajstić information content (AvgIpc) is 3.58. The van der Waals surface area contributed by atoms with Gasteiger partial charge in [0.1, 0.15) is 25.4 Å². The van der Waals surface area contributed by atoms with Gasteiger partial charge < -0.3 is 34.2 Å². The monoisotopic (exact) mass is 1310 g/mol. The summed E-state index contributed by atoms with van der Waals surface area (Å²) in [5.41, 5.74) is 0. The molecule has 0 amide bonds. The van der Waals surface area contributed by atoms with Gasteiger partial charge in [-0.1, -0.05) is 231 Å². The molecule has 0 fully saturated rings. The van der Waals surface area contributed by atoms with Crippen molar-refractivity contribution >= 4 is 33.6 Å². The van der Waals surface area contributed by atoms with E-state index in [0.717, 1.165) is 167 Å². The molecule has 16 nitrogen and oxygen atoms in total. The van der Waals surface area contributed by atoms with Crippen LogP contribution in [0.15, 0.2) is 146 Å². The molecule has 18 heteroatoms. The van der Waals surface area contributed by atoms with Gasteiger partial charge in [-0.3, -0.25) is 32.5 Å². The Balaban J connectivity index is 4.63. The van der Waals surface area contributed by atoms with Crippen molar-refractivity contribution in [3.63, 3.8) is 0 Å². The van der Waals surface area contributed by atoms with Crippen molar-refractivity contribution in [1.29, 1.82) is 0 Å². The minimum atomic E-state index is -4.93. The molecule has 0 aliphatic carbocycles. The highest BCUT2D eigenvalue weighted by Gasteiger charge is 2.29. The molecule has 0 saturated heterocycles. The molecule has 0 aromatic rings. The Bertz CT molecular complexity index is 2240. The second kappa shape index (κ2) is 65.5. The molecule has 0 aliphatic heterocycles. The van der Waals surface area contributed by atoms with Crippen molar-refractivity contribution in [2.45, 2.75) is 257 Å². The van der Waals surface area contributed by atoms with Crippen molar-refractivity contribution in [1.82, 2.24) is 0 Å². The van der Waals surface area contributed by atoms with Crippen LogP contribution in [0.4, 0.5) is 0 Å². The van der Waals surface area contributed by atoms with E-state index in [2.05, 4.69) is 167 Å². The number of unbranched alkanes of at least 4 members (excludes halogenated alkanes) is 16. The quantitative estimate of drug-likeness (QED) is 0.0146. The van der Waals surface area contributed by atoms with E-state index in [9.17, 15) is 43.5 Å². The lowest BCUT2D eigenvalue weighted by Crippen LogP contribution is -2.30. The molecule has 0 radical (unpaired) electrons. The van der Waals surface area contributed by atoms with E-state index < -0.39 is 91.5 Å². The maximum Gasteiger partial charge on any atom is 0.472 e. The van der Waals surface area contributed by atoms with E-state index in [0.29, 0.717) is 19.3 Å². The van der Waals surface area contributed by atoms with Crippen LogP contribution in [0.1, 0.15) is 239 Å². The van der Waals surface area contributed by atoms with E-state index >= 15 is 0 Å². The van der Waals surface area contributed by atoms with Crippen LogP contribution in [0.2, 0.25) is 0 Å². The number of esters is 3. The summed E-state index contributed by atoms with van der Waals surface area (Å²) in [7, 11) is -9.80. The zero-order chi connectivity index (χ0) is 66.7. The molecule has 518 valence electrons. The summed E-state index contributed by atoms with van der Waals surface area (Å²) in [6.07, 6.45) is 77.6. The molecule has 0 saturated carbocycles. The van der Waals surface area contributed by atoms with Crippen LogP contribution < -0.4 is 0 Å². The molecule has 91 heavy (non-hydrogen) atoms. The Hall–Kier alpha value is -4.57. The third-order valence-corrected chi connectivity index (χ3v) is 15.4. The molecule has 5 unspecified atom stereocenters. The van der Waals surface area contributed by atoms with Gasteiger partial charge >= 0.3 is 33.6 Å². The maximum atomic E-state index is 12.9. The summed E-state index contributed by atoms with van der Waals surface area (Å²) in [5.74, 6) is -1.64. The first-order valence-corrected chi connectivity index (χ1v) is 37.1. The molecule has 4 N–H and O–H groups in total. The highest BCUT2D eigenvalue weighted by Crippen LogP contribution is 2.45. The zero-order valence-corrected chi connectivity index (χ0v) is 57.7. The maximum absolute atomic E-state index is 12.9. The molecule has 0 aliphatic rings. The fourth-order valence-electron chi connectivity index (χ4n) is 8.34. The van der Waals surface area contributed by atoms with Crippen molar-refractivity contribution in [3.05, 3.63) is 146 Å². The lowest BCUT2D eigenvalue weighted by atomic mass is 10.1.